The number of benzene rings is 1. The van der Waals surface area contributed by atoms with E-state index in [1.165, 1.54) is 21.6 Å². The van der Waals surface area contributed by atoms with Crippen molar-refractivity contribution in [2.75, 3.05) is 5.73 Å². The second kappa shape index (κ2) is 5.11. The van der Waals surface area contributed by atoms with Crippen LogP contribution in [0.15, 0.2) is 18.2 Å². The van der Waals surface area contributed by atoms with Gasteiger partial charge >= 0.3 is 0 Å². The summed E-state index contributed by atoms with van der Waals surface area (Å²) in [6, 6.07) is 6.61. The zero-order valence-electron chi connectivity index (χ0n) is 11.4. The molecule has 0 aliphatic heterocycles. The standard InChI is InChI=1S/C15H20N2S/c1-9(2)14-13(18-15(16)17-14)8-12-6-5-10(3)7-11(12)4/h5-7,9H,8H2,1-4H3,(H2,16,17). The minimum Gasteiger partial charge on any atom is -0.375 e. The van der Waals surface area contributed by atoms with E-state index in [0.29, 0.717) is 11.0 Å². The van der Waals surface area contributed by atoms with Crippen molar-refractivity contribution in [2.24, 2.45) is 0 Å². The molecule has 1 aromatic carbocycles. The molecule has 1 aromatic heterocycles. The lowest BCUT2D eigenvalue weighted by Crippen LogP contribution is -1.97. The first-order valence-electron chi connectivity index (χ1n) is 6.28. The summed E-state index contributed by atoms with van der Waals surface area (Å²) in [6.45, 7) is 8.63. The first-order chi connectivity index (χ1) is 8.47. The Morgan fingerprint density at radius 1 is 1.28 bits per heavy atom. The fraction of sp³-hybridized carbons (Fsp3) is 0.400. The Kier molecular flexibility index (Phi) is 3.71. The summed E-state index contributed by atoms with van der Waals surface area (Å²) in [5.74, 6) is 0.430. The predicted octanol–water partition coefficient (Wildman–Crippen LogP) is 4.06. The van der Waals surface area contributed by atoms with E-state index in [1.807, 2.05) is 0 Å². The molecule has 96 valence electrons. The Morgan fingerprint density at radius 2 is 2.00 bits per heavy atom. The number of aromatic nitrogens is 1. The number of nitrogens with zero attached hydrogens (tertiary/aromatic N) is 1. The van der Waals surface area contributed by atoms with E-state index >= 15 is 0 Å². The van der Waals surface area contributed by atoms with Gasteiger partial charge in [0.05, 0.1) is 5.69 Å². The van der Waals surface area contributed by atoms with E-state index in [-0.39, 0.29) is 0 Å². The molecule has 2 N–H and O–H groups in total. The van der Waals surface area contributed by atoms with Crippen molar-refractivity contribution in [3.8, 4) is 0 Å². The lowest BCUT2D eigenvalue weighted by atomic mass is 10.00. The highest BCUT2D eigenvalue weighted by Gasteiger charge is 2.14. The third-order valence-electron chi connectivity index (χ3n) is 3.14. The van der Waals surface area contributed by atoms with E-state index in [2.05, 4.69) is 50.9 Å². The SMILES string of the molecule is Cc1ccc(Cc2sc(N)nc2C(C)C)c(C)c1. The maximum atomic E-state index is 5.84. The van der Waals surface area contributed by atoms with Crippen LogP contribution in [0.1, 0.15) is 47.0 Å². The van der Waals surface area contributed by atoms with Crippen molar-refractivity contribution in [3.05, 3.63) is 45.5 Å². The molecule has 2 rings (SSSR count). The topological polar surface area (TPSA) is 38.9 Å². The number of hydrogen-bond acceptors (Lipinski definition) is 3. The fourth-order valence-electron chi connectivity index (χ4n) is 2.18. The summed E-state index contributed by atoms with van der Waals surface area (Å²) >= 11 is 1.62. The van der Waals surface area contributed by atoms with Gasteiger partial charge in [0.1, 0.15) is 0 Å². The lowest BCUT2D eigenvalue weighted by Gasteiger charge is -2.08. The number of anilines is 1. The van der Waals surface area contributed by atoms with E-state index in [1.54, 1.807) is 11.3 Å². The average Bonchev–Trinajstić information content (AvgIpc) is 2.64. The summed E-state index contributed by atoms with van der Waals surface area (Å²) in [5.41, 5.74) is 11.0. The van der Waals surface area contributed by atoms with Crippen LogP contribution in [0.5, 0.6) is 0 Å². The molecule has 0 aliphatic carbocycles. The monoisotopic (exact) mass is 260 g/mol. The number of rotatable bonds is 3. The van der Waals surface area contributed by atoms with Crippen LogP contribution in [-0.4, -0.2) is 4.98 Å². The molecule has 0 aliphatic rings. The Bertz CT molecular complexity index is 556. The molecule has 0 amide bonds. The molecule has 0 fully saturated rings. The summed E-state index contributed by atoms with van der Waals surface area (Å²) in [5, 5.41) is 0.679. The van der Waals surface area contributed by atoms with Crippen molar-refractivity contribution < 1.29 is 0 Å². The van der Waals surface area contributed by atoms with Crippen LogP contribution in [-0.2, 0) is 6.42 Å². The van der Waals surface area contributed by atoms with E-state index < -0.39 is 0 Å². The van der Waals surface area contributed by atoms with Gasteiger partial charge in [-0.1, -0.05) is 37.6 Å². The third-order valence-corrected chi connectivity index (χ3v) is 4.04. The third kappa shape index (κ3) is 2.72. The van der Waals surface area contributed by atoms with Crippen LogP contribution in [0, 0.1) is 13.8 Å². The van der Waals surface area contributed by atoms with Gasteiger partial charge in [0, 0.05) is 11.3 Å². The minimum absolute atomic E-state index is 0.430. The van der Waals surface area contributed by atoms with Gasteiger partial charge in [-0.05, 0) is 30.9 Å². The van der Waals surface area contributed by atoms with Crippen molar-refractivity contribution in [1.82, 2.24) is 4.98 Å². The second-order valence-electron chi connectivity index (χ2n) is 5.12. The molecule has 18 heavy (non-hydrogen) atoms. The number of aryl methyl sites for hydroxylation is 2. The van der Waals surface area contributed by atoms with E-state index in [4.69, 9.17) is 5.73 Å². The smallest absolute Gasteiger partial charge is 0.180 e. The molecule has 0 unspecified atom stereocenters. The van der Waals surface area contributed by atoms with Crippen LogP contribution in [0.3, 0.4) is 0 Å². The zero-order chi connectivity index (χ0) is 13.3. The van der Waals surface area contributed by atoms with Gasteiger partial charge in [-0.2, -0.15) is 0 Å². The minimum atomic E-state index is 0.430. The average molecular weight is 260 g/mol. The largest absolute Gasteiger partial charge is 0.375 e. The van der Waals surface area contributed by atoms with Crippen molar-refractivity contribution in [2.45, 2.75) is 40.0 Å². The highest BCUT2D eigenvalue weighted by molar-refractivity contribution is 7.15. The summed E-state index contributed by atoms with van der Waals surface area (Å²) in [4.78, 5) is 5.75. The molecule has 0 bridgehead atoms. The highest BCUT2D eigenvalue weighted by atomic mass is 32.1. The molecule has 0 saturated carbocycles. The second-order valence-corrected chi connectivity index (χ2v) is 6.24. The molecule has 1 heterocycles. The van der Waals surface area contributed by atoms with Crippen molar-refractivity contribution >= 4 is 16.5 Å². The van der Waals surface area contributed by atoms with Crippen LogP contribution in [0.4, 0.5) is 5.13 Å². The Morgan fingerprint density at radius 3 is 2.61 bits per heavy atom. The Hall–Kier alpha value is -1.35. The van der Waals surface area contributed by atoms with Gasteiger partial charge in [0.25, 0.3) is 0 Å². The molecular formula is C15H20N2S. The predicted molar refractivity (Wildman–Crippen MR) is 79.3 cm³/mol. The molecule has 0 radical (unpaired) electrons. The van der Waals surface area contributed by atoms with Crippen LogP contribution >= 0.6 is 11.3 Å². The first-order valence-corrected chi connectivity index (χ1v) is 7.10. The van der Waals surface area contributed by atoms with Gasteiger partial charge in [-0.15, -0.1) is 11.3 Å². The summed E-state index contributed by atoms with van der Waals surface area (Å²) < 4.78 is 0. The highest BCUT2D eigenvalue weighted by Crippen LogP contribution is 2.29. The summed E-state index contributed by atoms with van der Waals surface area (Å²) in [7, 11) is 0. The van der Waals surface area contributed by atoms with Crippen LogP contribution in [0.2, 0.25) is 0 Å². The van der Waals surface area contributed by atoms with Crippen LogP contribution in [0.25, 0.3) is 0 Å². The van der Waals surface area contributed by atoms with Gasteiger partial charge in [0.15, 0.2) is 5.13 Å². The first kappa shape index (κ1) is 13.1. The fourth-order valence-corrected chi connectivity index (χ4v) is 3.19. The quantitative estimate of drug-likeness (QED) is 0.904. The molecule has 2 nitrogen and oxygen atoms in total. The van der Waals surface area contributed by atoms with Crippen LogP contribution < -0.4 is 5.73 Å². The Labute approximate surface area is 113 Å². The van der Waals surface area contributed by atoms with E-state index in [9.17, 15) is 0 Å². The molecule has 3 heteroatoms. The van der Waals surface area contributed by atoms with Gasteiger partial charge in [-0.25, -0.2) is 4.98 Å². The molecule has 0 atom stereocenters. The number of thiazole rings is 1. The lowest BCUT2D eigenvalue weighted by molar-refractivity contribution is 0.820. The number of hydrogen-bond donors (Lipinski definition) is 1. The zero-order valence-corrected chi connectivity index (χ0v) is 12.3. The maximum absolute atomic E-state index is 5.84. The Balaban J connectivity index is 2.33. The molecule has 0 spiro atoms. The van der Waals surface area contributed by atoms with Crippen molar-refractivity contribution in [3.63, 3.8) is 0 Å². The normalized spacial score (nSPS) is 11.2. The van der Waals surface area contributed by atoms with Crippen molar-refractivity contribution in [1.29, 1.82) is 0 Å². The molecular weight excluding hydrogens is 240 g/mol. The van der Waals surface area contributed by atoms with Gasteiger partial charge in [0.2, 0.25) is 0 Å². The van der Waals surface area contributed by atoms with E-state index in [0.717, 1.165) is 12.1 Å². The molecule has 0 saturated heterocycles. The summed E-state index contributed by atoms with van der Waals surface area (Å²) in [6.07, 6.45) is 0.939. The van der Waals surface area contributed by atoms with Gasteiger partial charge in [-0.3, -0.25) is 0 Å². The maximum Gasteiger partial charge on any atom is 0.180 e. The molecule has 2 aromatic rings. The number of nitrogens with two attached hydrogens (primary N) is 1. The van der Waals surface area contributed by atoms with Gasteiger partial charge < -0.3 is 5.73 Å². The number of nitrogen functional groups attached to an aromatic ring is 1.